The molecule has 1 unspecified atom stereocenters. The van der Waals surface area contributed by atoms with E-state index in [1.54, 1.807) is 0 Å². The van der Waals surface area contributed by atoms with Crippen LogP contribution in [-0.2, 0) is 9.59 Å². The third kappa shape index (κ3) is 8.37. The molecule has 0 saturated carbocycles. The number of hydrogen-bond donors (Lipinski definition) is 3. The Labute approximate surface area is 106 Å². The maximum Gasteiger partial charge on any atom is 0.317 e. The van der Waals surface area contributed by atoms with Crippen LogP contribution in [0.1, 0.15) is 26.2 Å². The standard InChI is InChI=1S/C11H21N3O4/c1-8(3-4-10(16)17)5-6-13-11(18)14(2)7-9(12)15/h8H,3-7H2,1-2H3,(H2,12,15)(H,13,18)(H,16,17). The summed E-state index contributed by atoms with van der Waals surface area (Å²) in [5, 5.41) is 11.2. The molecule has 0 radical (unpaired) electrons. The van der Waals surface area contributed by atoms with Gasteiger partial charge in [-0.15, -0.1) is 0 Å². The summed E-state index contributed by atoms with van der Waals surface area (Å²) >= 11 is 0. The highest BCUT2D eigenvalue weighted by Gasteiger charge is 2.11. The summed E-state index contributed by atoms with van der Waals surface area (Å²) < 4.78 is 0. The van der Waals surface area contributed by atoms with E-state index in [1.165, 1.54) is 11.9 Å². The molecule has 7 heteroatoms. The molecule has 0 aromatic carbocycles. The summed E-state index contributed by atoms with van der Waals surface area (Å²) in [6.07, 6.45) is 1.42. The second-order valence-corrected chi connectivity index (χ2v) is 4.38. The van der Waals surface area contributed by atoms with Crippen LogP contribution in [0.5, 0.6) is 0 Å². The van der Waals surface area contributed by atoms with Crippen molar-refractivity contribution in [3.8, 4) is 0 Å². The summed E-state index contributed by atoms with van der Waals surface area (Å²) in [5.41, 5.74) is 4.96. The van der Waals surface area contributed by atoms with Gasteiger partial charge in [-0.25, -0.2) is 4.79 Å². The van der Waals surface area contributed by atoms with E-state index in [4.69, 9.17) is 10.8 Å². The number of aliphatic carboxylic acids is 1. The molecule has 0 saturated heterocycles. The number of likely N-dealkylation sites (N-methyl/N-ethyl adjacent to an activating group) is 1. The van der Waals surface area contributed by atoms with Gasteiger partial charge in [0.15, 0.2) is 0 Å². The lowest BCUT2D eigenvalue weighted by atomic mass is 10.0. The SMILES string of the molecule is CC(CCNC(=O)N(C)CC(N)=O)CCC(=O)O. The summed E-state index contributed by atoms with van der Waals surface area (Å²) in [6.45, 7) is 2.26. The first-order chi connectivity index (χ1) is 8.32. The third-order valence-electron chi connectivity index (χ3n) is 2.50. The summed E-state index contributed by atoms with van der Waals surface area (Å²) in [6, 6.07) is -0.362. The maximum atomic E-state index is 11.4. The molecule has 0 aromatic heterocycles. The molecule has 0 aromatic rings. The highest BCUT2D eigenvalue weighted by atomic mass is 16.4. The van der Waals surface area contributed by atoms with Crippen LogP contribution in [0.25, 0.3) is 0 Å². The number of hydrogen-bond acceptors (Lipinski definition) is 3. The number of carboxylic acid groups (broad SMARTS) is 1. The van der Waals surface area contributed by atoms with Crippen molar-refractivity contribution in [2.24, 2.45) is 11.7 Å². The van der Waals surface area contributed by atoms with Gasteiger partial charge in [0.1, 0.15) is 6.54 Å². The van der Waals surface area contributed by atoms with E-state index in [2.05, 4.69) is 5.32 Å². The molecule has 104 valence electrons. The number of carboxylic acids is 1. The van der Waals surface area contributed by atoms with E-state index >= 15 is 0 Å². The highest BCUT2D eigenvalue weighted by Crippen LogP contribution is 2.09. The molecule has 0 fully saturated rings. The minimum Gasteiger partial charge on any atom is -0.481 e. The van der Waals surface area contributed by atoms with Crippen LogP contribution in [0.3, 0.4) is 0 Å². The number of rotatable bonds is 8. The average Bonchev–Trinajstić information content (AvgIpc) is 2.25. The van der Waals surface area contributed by atoms with Gasteiger partial charge >= 0.3 is 12.0 Å². The van der Waals surface area contributed by atoms with Crippen molar-refractivity contribution in [1.29, 1.82) is 0 Å². The Hall–Kier alpha value is -1.79. The molecular weight excluding hydrogens is 238 g/mol. The van der Waals surface area contributed by atoms with Gasteiger partial charge in [-0.3, -0.25) is 9.59 Å². The zero-order valence-electron chi connectivity index (χ0n) is 10.8. The number of urea groups is 1. The van der Waals surface area contributed by atoms with Gasteiger partial charge in [-0.05, 0) is 18.8 Å². The molecule has 0 aliphatic carbocycles. The van der Waals surface area contributed by atoms with Gasteiger partial charge in [0.05, 0.1) is 0 Å². The van der Waals surface area contributed by atoms with Crippen LogP contribution in [0.4, 0.5) is 4.79 Å². The summed E-state index contributed by atoms with van der Waals surface area (Å²) in [5.74, 6) is -1.16. The molecule has 0 aliphatic rings. The number of nitrogens with one attached hydrogen (secondary N) is 1. The highest BCUT2D eigenvalue weighted by molar-refractivity contribution is 5.82. The monoisotopic (exact) mass is 259 g/mol. The Balaban J connectivity index is 3.73. The number of nitrogens with zero attached hydrogens (tertiary/aromatic N) is 1. The van der Waals surface area contributed by atoms with Crippen molar-refractivity contribution in [2.75, 3.05) is 20.1 Å². The minimum atomic E-state index is -0.813. The van der Waals surface area contributed by atoms with Crippen LogP contribution in [-0.4, -0.2) is 48.1 Å². The first-order valence-electron chi connectivity index (χ1n) is 5.82. The van der Waals surface area contributed by atoms with Gasteiger partial charge < -0.3 is 21.1 Å². The van der Waals surface area contributed by atoms with Crippen molar-refractivity contribution in [3.05, 3.63) is 0 Å². The van der Waals surface area contributed by atoms with Gasteiger partial charge in [0.25, 0.3) is 0 Å². The lowest BCUT2D eigenvalue weighted by Crippen LogP contribution is -2.42. The molecule has 7 nitrogen and oxygen atoms in total. The van der Waals surface area contributed by atoms with Crippen LogP contribution >= 0.6 is 0 Å². The van der Waals surface area contributed by atoms with Crippen molar-refractivity contribution in [2.45, 2.75) is 26.2 Å². The first-order valence-corrected chi connectivity index (χ1v) is 5.82. The Bertz CT molecular complexity index is 307. The van der Waals surface area contributed by atoms with Crippen LogP contribution < -0.4 is 11.1 Å². The van der Waals surface area contributed by atoms with Crippen LogP contribution in [0.2, 0.25) is 0 Å². The maximum absolute atomic E-state index is 11.4. The fourth-order valence-electron chi connectivity index (χ4n) is 1.38. The lowest BCUT2D eigenvalue weighted by molar-refractivity contribution is -0.137. The molecule has 3 amide bonds. The molecule has 1 atom stereocenters. The van der Waals surface area contributed by atoms with E-state index in [9.17, 15) is 14.4 Å². The zero-order chi connectivity index (χ0) is 14.1. The fraction of sp³-hybridized carbons (Fsp3) is 0.727. The van der Waals surface area contributed by atoms with Gasteiger partial charge in [-0.2, -0.15) is 0 Å². The predicted molar refractivity (Wildman–Crippen MR) is 65.9 cm³/mol. The molecule has 0 heterocycles. The molecular formula is C11H21N3O4. The lowest BCUT2D eigenvalue weighted by Gasteiger charge is -2.17. The van der Waals surface area contributed by atoms with E-state index < -0.39 is 11.9 Å². The second-order valence-electron chi connectivity index (χ2n) is 4.38. The number of carbonyl (C=O) groups excluding carboxylic acids is 2. The summed E-state index contributed by atoms with van der Waals surface area (Å²) in [7, 11) is 1.48. The largest absolute Gasteiger partial charge is 0.481 e. The van der Waals surface area contributed by atoms with Crippen molar-refractivity contribution >= 4 is 17.9 Å². The average molecular weight is 259 g/mol. The van der Waals surface area contributed by atoms with Crippen LogP contribution in [0.15, 0.2) is 0 Å². The number of carbonyl (C=O) groups is 3. The summed E-state index contributed by atoms with van der Waals surface area (Å²) in [4.78, 5) is 33.6. The van der Waals surface area contributed by atoms with Crippen molar-refractivity contribution < 1.29 is 19.5 Å². The zero-order valence-corrected chi connectivity index (χ0v) is 10.8. The molecule has 18 heavy (non-hydrogen) atoms. The predicted octanol–water partition coefficient (Wildman–Crippen LogP) is 0.00410. The topological polar surface area (TPSA) is 113 Å². The molecule has 0 aliphatic heterocycles. The molecule has 0 bridgehead atoms. The normalized spacial score (nSPS) is 11.7. The number of nitrogens with two attached hydrogens (primary N) is 1. The smallest absolute Gasteiger partial charge is 0.317 e. The second kappa shape index (κ2) is 8.32. The Morgan fingerprint density at radius 2 is 1.94 bits per heavy atom. The Morgan fingerprint density at radius 1 is 1.33 bits per heavy atom. The Kier molecular flexibility index (Phi) is 7.50. The van der Waals surface area contributed by atoms with E-state index in [0.29, 0.717) is 19.4 Å². The minimum absolute atomic E-state index is 0.125. The van der Waals surface area contributed by atoms with E-state index in [1.807, 2.05) is 6.92 Å². The van der Waals surface area contributed by atoms with E-state index in [0.717, 1.165) is 0 Å². The third-order valence-corrected chi connectivity index (χ3v) is 2.50. The van der Waals surface area contributed by atoms with Crippen molar-refractivity contribution in [1.82, 2.24) is 10.2 Å². The number of amides is 3. The number of primary amides is 1. The molecule has 0 rings (SSSR count). The van der Waals surface area contributed by atoms with Gasteiger partial charge in [0.2, 0.25) is 5.91 Å². The quantitative estimate of drug-likeness (QED) is 0.569. The van der Waals surface area contributed by atoms with E-state index in [-0.39, 0.29) is 24.9 Å². The van der Waals surface area contributed by atoms with Gasteiger partial charge in [0, 0.05) is 20.0 Å². The van der Waals surface area contributed by atoms with Gasteiger partial charge in [-0.1, -0.05) is 6.92 Å². The van der Waals surface area contributed by atoms with Crippen molar-refractivity contribution in [3.63, 3.8) is 0 Å². The first kappa shape index (κ1) is 16.2. The Morgan fingerprint density at radius 3 is 2.44 bits per heavy atom. The molecule has 0 spiro atoms. The van der Waals surface area contributed by atoms with Crippen LogP contribution in [0, 0.1) is 5.92 Å². The molecule has 4 N–H and O–H groups in total. The fourth-order valence-corrected chi connectivity index (χ4v) is 1.38.